The Kier molecular flexibility index (Phi) is 4.67. The maximum atomic E-state index is 13.8. The van der Waals surface area contributed by atoms with E-state index in [1.807, 2.05) is 0 Å². The van der Waals surface area contributed by atoms with Crippen molar-refractivity contribution >= 4 is 35.0 Å². The minimum absolute atomic E-state index is 0.0189. The van der Waals surface area contributed by atoms with Gasteiger partial charge in [-0.15, -0.1) is 0 Å². The molecule has 0 saturated carbocycles. The molecule has 2 aliphatic heterocycles. The van der Waals surface area contributed by atoms with Crippen LogP contribution in [0.2, 0.25) is 0 Å². The third-order valence-corrected chi connectivity index (χ3v) is 5.86. The number of benzene rings is 3. The van der Waals surface area contributed by atoms with Gasteiger partial charge in [-0.25, -0.2) is 14.5 Å². The van der Waals surface area contributed by atoms with Crippen LogP contribution in [-0.4, -0.2) is 41.2 Å². The lowest BCUT2D eigenvalue weighted by Crippen LogP contribution is -2.65. The van der Waals surface area contributed by atoms with E-state index in [1.165, 1.54) is 0 Å². The highest BCUT2D eigenvalue weighted by Gasteiger charge is 2.74. The van der Waals surface area contributed by atoms with Gasteiger partial charge in [0.05, 0.1) is 12.8 Å². The second-order valence-corrected chi connectivity index (χ2v) is 7.58. The second-order valence-electron chi connectivity index (χ2n) is 7.58. The first-order chi connectivity index (χ1) is 16.0. The normalized spacial score (nSPS) is 19.3. The van der Waals surface area contributed by atoms with E-state index in [-0.39, 0.29) is 11.3 Å². The number of nitrogens with zero attached hydrogens (tertiary/aromatic N) is 2. The molecule has 5 rings (SSSR count). The lowest BCUT2D eigenvalue weighted by atomic mass is 9.73. The van der Waals surface area contributed by atoms with E-state index in [9.17, 15) is 19.2 Å². The van der Waals surface area contributed by atoms with Crippen molar-refractivity contribution < 1.29 is 23.9 Å². The number of ether oxygens (including phenoxy) is 1. The molecule has 162 valence electrons. The zero-order valence-electron chi connectivity index (χ0n) is 17.6. The van der Waals surface area contributed by atoms with E-state index in [1.54, 1.807) is 91.0 Å². The van der Waals surface area contributed by atoms with Gasteiger partial charge >= 0.3 is 12.0 Å². The molecule has 33 heavy (non-hydrogen) atoms. The SMILES string of the molecule is COC(=O)C12C(=O)N(c3ccccc3)C(=O)N1C(C(=O)c1ccccc1)=C2c1ccccc1. The van der Waals surface area contributed by atoms with E-state index in [4.69, 9.17) is 4.74 Å². The number of allylic oxidation sites excluding steroid dienone is 1. The molecule has 7 nitrogen and oxygen atoms in total. The molecule has 1 saturated heterocycles. The summed E-state index contributed by atoms with van der Waals surface area (Å²) in [5, 5.41) is 0. The molecule has 1 unspecified atom stereocenters. The van der Waals surface area contributed by atoms with Crippen LogP contribution >= 0.6 is 0 Å². The van der Waals surface area contributed by atoms with Crippen molar-refractivity contribution in [2.45, 2.75) is 5.54 Å². The van der Waals surface area contributed by atoms with E-state index < -0.39 is 29.2 Å². The molecule has 0 aromatic heterocycles. The number of fused-ring (bicyclic) bond motifs is 1. The second kappa shape index (κ2) is 7.56. The summed E-state index contributed by atoms with van der Waals surface area (Å²) in [4.78, 5) is 56.0. The van der Waals surface area contributed by atoms with Gasteiger partial charge in [0.2, 0.25) is 5.78 Å². The number of urea groups is 1. The van der Waals surface area contributed by atoms with E-state index in [0.717, 1.165) is 16.9 Å². The van der Waals surface area contributed by atoms with Crippen molar-refractivity contribution in [3.05, 3.63) is 108 Å². The summed E-state index contributed by atoms with van der Waals surface area (Å²) in [6, 6.07) is 24.5. The van der Waals surface area contributed by atoms with Crippen LogP contribution in [0, 0.1) is 0 Å². The first-order valence-electron chi connectivity index (χ1n) is 10.3. The minimum Gasteiger partial charge on any atom is -0.467 e. The minimum atomic E-state index is -2.08. The van der Waals surface area contributed by atoms with Crippen LogP contribution in [0.3, 0.4) is 0 Å². The van der Waals surface area contributed by atoms with Gasteiger partial charge < -0.3 is 4.74 Å². The highest BCUT2D eigenvalue weighted by molar-refractivity contribution is 6.42. The summed E-state index contributed by atoms with van der Waals surface area (Å²) in [6.07, 6.45) is 0. The van der Waals surface area contributed by atoms with Crippen LogP contribution in [0.1, 0.15) is 15.9 Å². The number of amides is 3. The van der Waals surface area contributed by atoms with E-state index in [2.05, 4.69) is 0 Å². The van der Waals surface area contributed by atoms with Gasteiger partial charge in [0.15, 0.2) is 0 Å². The van der Waals surface area contributed by atoms with Gasteiger partial charge in [-0.1, -0.05) is 78.9 Å². The molecule has 3 aromatic rings. The number of carbonyl (C=O) groups is 4. The number of anilines is 1. The molecule has 2 aliphatic rings. The van der Waals surface area contributed by atoms with Crippen molar-refractivity contribution in [2.75, 3.05) is 12.0 Å². The summed E-state index contributed by atoms with van der Waals surface area (Å²) in [7, 11) is 1.15. The third kappa shape index (κ3) is 2.69. The number of Topliss-reactive ketones (excluding diaryl/α,β-unsaturated/α-hetero) is 1. The lowest BCUT2D eigenvalue weighted by Gasteiger charge is -2.45. The molecule has 2 heterocycles. The lowest BCUT2D eigenvalue weighted by molar-refractivity contribution is -0.152. The fourth-order valence-corrected chi connectivity index (χ4v) is 4.42. The van der Waals surface area contributed by atoms with E-state index >= 15 is 0 Å². The van der Waals surface area contributed by atoms with Gasteiger partial charge in [-0.05, 0) is 17.7 Å². The Bertz CT molecular complexity index is 1320. The van der Waals surface area contributed by atoms with Crippen molar-refractivity contribution in [1.82, 2.24) is 4.90 Å². The first-order valence-corrected chi connectivity index (χ1v) is 10.3. The van der Waals surface area contributed by atoms with Crippen molar-refractivity contribution in [1.29, 1.82) is 0 Å². The number of hydrogen-bond donors (Lipinski definition) is 0. The number of rotatable bonds is 5. The quantitative estimate of drug-likeness (QED) is 0.263. The molecular formula is C26H18N2O5. The molecule has 3 aromatic carbocycles. The molecule has 1 atom stereocenters. The number of methoxy groups -OCH3 is 1. The average molecular weight is 438 g/mol. The van der Waals surface area contributed by atoms with Crippen LogP contribution < -0.4 is 4.90 Å². The monoisotopic (exact) mass is 438 g/mol. The first kappa shape index (κ1) is 20.4. The maximum absolute atomic E-state index is 13.8. The number of imide groups is 1. The largest absolute Gasteiger partial charge is 0.467 e. The summed E-state index contributed by atoms with van der Waals surface area (Å²) in [6.45, 7) is 0. The molecule has 1 fully saturated rings. The zero-order valence-corrected chi connectivity index (χ0v) is 17.6. The van der Waals surface area contributed by atoms with Gasteiger partial charge in [0, 0.05) is 11.1 Å². The van der Waals surface area contributed by atoms with Crippen LogP contribution in [-0.2, 0) is 14.3 Å². The third-order valence-electron chi connectivity index (χ3n) is 5.86. The fourth-order valence-electron chi connectivity index (χ4n) is 4.42. The highest BCUT2D eigenvalue weighted by Crippen LogP contribution is 2.54. The Labute approximate surface area is 189 Å². The van der Waals surface area contributed by atoms with Gasteiger partial charge in [0.25, 0.3) is 11.4 Å². The van der Waals surface area contributed by atoms with Crippen LogP contribution in [0.4, 0.5) is 10.5 Å². The van der Waals surface area contributed by atoms with Crippen molar-refractivity contribution in [3.63, 3.8) is 0 Å². The Hall–Kier alpha value is -4.52. The summed E-state index contributed by atoms with van der Waals surface area (Å²) >= 11 is 0. The smallest absolute Gasteiger partial charge is 0.347 e. The number of carbonyl (C=O) groups excluding carboxylic acids is 4. The van der Waals surface area contributed by atoms with Crippen LogP contribution in [0.5, 0.6) is 0 Å². The number of esters is 1. The maximum Gasteiger partial charge on any atom is 0.347 e. The Balaban J connectivity index is 1.78. The molecular weight excluding hydrogens is 420 g/mol. The van der Waals surface area contributed by atoms with Crippen molar-refractivity contribution in [3.8, 4) is 0 Å². The topological polar surface area (TPSA) is 84.0 Å². The van der Waals surface area contributed by atoms with Crippen molar-refractivity contribution in [2.24, 2.45) is 0 Å². The molecule has 0 aliphatic carbocycles. The van der Waals surface area contributed by atoms with Gasteiger partial charge in [-0.3, -0.25) is 14.5 Å². The molecule has 3 amide bonds. The standard InChI is InChI=1S/C26H18N2O5/c1-33-24(31)26-20(17-11-5-2-6-12-17)21(22(29)18-13-7-3-8-14-18)28(26)25(32)27(23(26)30)19-15-9-4-10-16-19/h2-16H,1H3. The predicted molar refractivity (Wildman–Crippen MR) is 120 cm³/mol. The van der Waals surface area contributed by atoms with Gasteiger partial charge in [-0.2, -0.15) is 0 Å². The van der Waals surface area contributed by atoms with E-state index in [0.29, 0.717) is 16.8 Å². The zero-order chi connectivity index (χ0) is 23.2. The number of ketones is 1. The van der Waals surface area contributed by atoms with Crippen LogP contribution in [0.15, 0.2) is 96.7 Å². The molecule has 0 radical (unpaired) electrons. The molecule has 7 heteroatoms. The molecule has 0 bridgehead atoms. The molecule has 0 spiro atoms. The predicted octanol–water partition coefficient (Wildman–Crippen LogP) is 3.67. The fraction of sp³-hybridized carbons (Fsp3) is 0.0769. The summed E-state index contributed by atoms with van der Waals surface area (Å²) < 4.78 is 5.02. The average Bonchev–Trinajstić information content (AvgIpc) is 3.03. The molecule has 0 N–H and O–H groups in total. The Morgan fingerprint density at radius 2 is 1.33 bits per heavy atom. The Morgan fingerprint density at radius 3 is 1.91 bits per heavy atom. The summed E-state index contributed by atoms with van der Waals surface area (Å²) in [5.41, 5.74) is -0.838. The summed E-state index contributed by atoms with van der Waals surface area (Å²) in [5.74, 6) is -2.18. The number of para-hydroxylation sites is 1. The Morgan fingerprint density at radius 1 is 0.788 bits per heavy atom. The van der Waals surface area contributed by atoms with Gasteiger partial charge in [0.1, 0.15) is 5.70 Å². The number of hydrogen-bond acceptors (Lipinski definition) is 5. The van der Waals surface area contributed by atoms with Crippen LogP contribution in [0.25, 0.3) is 5.57 Å². The highest BCUT2D eigenvalue weighted by atomic mass is 16.5.